The second-order valence-electron chi connectivity index (χ2n) is 38.4. The lowest BCUT2D eigenvalue weighted by Gasteiger charge is -2.33. The predicted octanol–water partition coefficient (Wildman–Crippen LogP) is 15.5. The second kappa shape index (κ2) is 66.6. The van der Waals surface area contributed by atoms with Gasteiger partial charge < -0.3 is 88.6 Å². The minimum Gasteiger partial charge on any atom is -0.480 e. The van der Waals surface area contributed by atoms with E-state index in [1.807, 2.05) is 97.6 Å². The highest BCUT2D eigenvalue weighted by Gasteiger charge is 2.40. The summed E-state index contributed by atoms with van der Waals surface area (Å²) in [5.74, 6) is 10.7. The molecule has 14 aliphatic rings. The lowest BCUT2D eigenvalue weighted by molar-refractivity contribution is -0.141. The summed E-state index contributed by atoms with van der Waals surface area (Å²) in [7, 11) is 0. The lowest BCUT2D eigenvalue weighted by atomic mass is 9.83. The number of rotatable bonds is 16. The Hall–Kier alpha value is -2.82. The number of nitrogens with zero attached hydrogens (tertiary/aromatic N) is 6. The normalized spacial score (nSPS) is 22.7. The van der Waals surface area contributed by atoms with Crippen LogP contribution < -0.4 is 44.6 Å². The third-order valence-corrected chi connectivity index (χ3v) is 30.4. The van der Waals surface area contributed by atoms with Crippen LogP contribution in [0.3, 0.4) is 0 Å². The highest BCUT2D eigenvalue weighted by atomic mass is 35.5. The van der Waals surface area contributed by atoms with E-state index in [-0.39, 0.29) is 140 Å². The van der Waals surface area contributed by atoms with Crippen LogP contribution in [-0.2, 0) is 43.0 Å². The molecule has 7 heterocycles. The van der Waals surface area contributed by atoms with E-state index in [2.05, 4.69) is 16.0 Å². The fourth-order valence-electron chi connectivity index (χ4n) is 19.3. The van der Waals surface area contributed by atoms with Crippen LogP contribution in [0.4, 0.5) is 9.59 Å². The van der Waals surface area contributed by atoms with E-state index >= 15 is 0 Å². The number of nitrogens with two attached hydrogens (primary N) is 5. The van der Waals surface area contributed by atoms with Crippen LogP contribution in [0, 0.1) is 41.4 Å². The average Bonchev–Trinajstić information content (AvgIpc) is 1.81. The first-order valence-corrected chi connectivity index (χ1v) is 52.6. The molecule has 7 saturated carbocycles. The third-order valence-electron chi connectivity index (χ3n) is 26.6. The van der Waals surface area contributed by atoms with Crippen molar-refractivity contribution in [1.82, 2.24) is 45.3 Å². The highest BCUT2D eigenvalue weighted by molar-refractivity contribution is 8.00. The van der Waals surface area contributed by atoms with Crippen molar-refractivity contribution in [2.75, 3.05) is 118 Å². The van der Waals surface area contributed by atoms with Crippen molar-refractivity contribution in [1.29, 1.82) is 0 Å². The summed E-state index contributed by atoms with van der Waals surface area (Å²) in [6.45, 7) is 20.7. The number of carbonyl (C=O) groups is 9. The monoisotopic (exact) mass is 1970 g/mol. The Labute approximate surface area is 812 Å². The van der Waals surface area contributed by atoms with Crippen LogP contribution in [-0.4, -0.2) is 260 Å². The van der Waals surface area contributed by atoms with Crippen molar-refractivity contribution in [3.8, 4) is 0 Å². The summed E-state index contributed by atoms with van der Waals surface area (Å²) in [6, 6.07) is -2.44. The van der Waals surface area contributed by atoms with Gasteiger partial charge in [0.2, 0.25) is 35.4 Å². The van der Waals surface area contributed by atoms with Gasteiger partial charge in [-0.15, -0.1) is 97.3 Å². The maximum atomic E-state index is 12.8. The highest BCUT2D eigenvalue weighted by Crippen LogP contribution is 2.35. The van der Waals surface area contributed by atoms with Gasteiger partial charge in [-0.05, 0) is 205 Å². The number of hydrogen-bond donors (Lipinski definition) is 9. The molecule has 8 amide bonds. The number of nitrogens with one attached hydrogen (secondary N) is 3. The zero-order chi connectivity index (χ0) is 88.2. The Morgan fingerprint density at radius 2 is 0.575 bits per heavy atom. The quantitative estimate of drug-likeness (QED) is 0.0648. The number of halogens is 5. The Balaban J connectivity index is 0.000000495. The van der Waals surface area contributed by atoms with Crippen molar-refractivity contribution >= 4 is 163 Å². The van der Waals surface area contributed by atoms with Gasteiger partial charge in [0.15, 0.2) is 0 Å². The third kappa shape index (κ3) is 45.1. The first-order valence-electron chi connectivity index (χ1n) is 48.0. The number of ether oxygens (including phenoxy) is 2. The molecule has 0 aromatic carbocycles. The van der Waals surface area contributed by atoms with Gasteiger partial charge in [-0.25, -0.2) is 14.4 Å². The molecule has 7 aliphatic carbocycles. The lowest BCUT2D eigenvalue weighted by Crippen LogP contribution is -2.53. The van der Waals surface area contributed by atoms with Crippen LogP contribution in [0.2, 0.25) is 0 Å². The zero-order valence-corrected chi connectivity index (χ0v) is 85.5. The van der Waals surface area contributed by atoms with Gasteiger partial charge >= 0.3 is 18.2 Å². The van der Waals surface area contributed by atoms with Gasteiger partial charge in [0.05, 0.1) is 42.0 Å². The Kier molecular flexibility index (Phi) is 63.0. The molecule has 0 bridgehead atoms. The smallest absolute Gasteiger partial charge is 0.408 e. The van der Waals surface area contributed by atoms with Crippen molar-refractivity contribution in [2.45, 2.75) is 352 Å². The summed E-state index contributed by atoms with van der Waals surface area (Å²) in [5.41, 5.74) is 29.3. The standard InChI is InChI=1S/C16H28N2O3S.C13H24N2O.C13H23NO4.C12H22N2OS.C12H22N2O.C12H20N2O.C11H20N2OS.C3H7NS.5ClH/c1-16(2,3)21-15(20)17-13(12-7-5-4-6-8-12)14(19)18-9-10-22-11-18;14-12(11-7-3-1-4-8-11)13(16)15-9-5-2-6-10-15;1-13(2,3)18-12(17)14-10(11(15)16)9-7-5-4-6-8-9;13-11(10-4-2-1-3-5-10)12(15)14-6-8-16-9-7-14;2*13-11(10-6-2-1-3-7-10)12(15)14-8-4-5-9-14;12-10(9-4-2-1-3-5-9)11(14)13-6-7-15-8-13;1-2-5-3-4-1;;;;;/h12-13H,4-11H2,1-3H3,(H,17,20);11-12H,1-10,14H2;9-10H,4-8H2,1-3H3,(H,14,17)(H,15,16);10-11H,1-9,13H2;10-11H,1-9,13H2;4-5,10-11H,1-3,6-9,13H2;9-10H,1-8,12H2;4H,1-3H2;5*1H/t13-;12-;10-;3*11-;10-;;;;;;/m0000000....../s1. The van der Waals surface area contributed by atoms with Crippen LogP contribution in [0.1, 0.15) is 298 Å². The SMILES string of the molecule is C1CSCN1.CC(C)(C)OC(=O)N[C@H](C(=O)N1CCSC1)C1CCCCC1.CC(C)(C)OC(=O)N[C@H](C(=O)O)C1CCCCC1.Cl.Cl.Cl.Cl.Cl.N[C@H](C(=O)N1CC=CC1)C1CCCCC1.N[C@H](C(=O)N1CCCC1)C1CCCCC1.N[C@H](C(=O)N1CCCCC1)C1CCCCC1.N[C@H](C(=O)N1CCSC1)C1CCCCC1.N[C@H](C(=O)N1CCSCC1)C1CCCCC1. The number of aliphatic carboxylic acids is 1. The number of carboxylic acids is 1. The molecular formula is C92H171Cl5N14O12S4. The average molecular weight is 1970 g/mol. The van der Waals surface area contributed by atoms with E-state index in [1.165, 1.54) is 127 Å². The minimum atomic E-state index is -0.979. The molecule has 127 heavy (non-hydrogen) atoms. The topological polar surface area (TPSA) is 378 Å². The van der Waals surface area contributed by atoms with E-state index in [0.717, 1.165) is 248 Å². The van der Waals surface area contributed by atoms with E-state index < -0.39 is 41.4 Å². The fourth-order valence-corrected chi connectivity index (χ4v) is 22.9. The van der Waals surface area contributed by atoms with E-state index in [9.17, 15) is 48.3 Å². The summed E-state index contributed by atoms with van der Waals surface area (Å²) in [5, 5.41) is 17.7. The molecule has 14 rings (SSSR count). The molecule has 7 atom stereocenters. The van der Waals surface area contributed by atoms with Gasteiger partial charge in [0.25, 0.3) is 0 Å². The number of carboxylic acid groups (broad SMARTS) is 1. The van der Waals surface area contributed by atoms with Crippen molar-refractivity contribution in [3.05, 3.63) is 12.2 Å². The molecule has 0 unspecified atom stereocenters. The number of hydrogen-bond acceptors (Lipinski definition) is 21. The molecule has 0 radical (unpaired) electrons. The molecule has 13 fully saturated rings. The molecule has 6 saturated heterocycles. The Morgan fingerprint density at radius 3 is 0.850 bits per heavy atom. The maximum absolute atomic E-state index is 12.8. The molecular weight excluding hydrogens is 1800 g/mol. The van der Waals surface area contributed by atoms with Gasteiger partial charge in [0.1, 0.15) is 23.3 Å². The maximum Gasteiger partial charge on any atom is 0.408 e. The molecule has 740 valence electrons. The van der Waals surface area contributed by atoms with Gasteiger partial charge in [0, 0.05) is 107 Å². The number of carbonyl (C=O) groups excluding carboxylic acids is 8. The fraction of sp³-hybridized carbons (Fsp3) is 0.880. The Bertz CT molecular complexity index is 2920. The molecule has 0 aromatic heterocycles. The number of alkyl carbamates (subject to hydrolysis) is 2. The Morgan fingerprint density at radius 1 is 0.323 bits per heavy atom. The van der Waals surface area contributed by atoms with Crippen LogP contribution in [0.25, 0.3) is 0 Å². The molecule has 0 aromatic rings. The van der Waals surface area contributed by atoms with Gasteiger partial charge in [-0.3, -0.25) is 28.8 Å². The summed E-state index contributed by atoms with van der Waals surface area (Å²) in [4.78, 5) is 120. The van der Waals surface area contributed by atoms with Crippen molar-refractivity contribution in [2.24, 2.45) is 70.1 Å². The molecule has 14 N–H and O–H groups in total. The minimum absolute atomic E-state index is 0. The zero-order valence-electron chi connectivity index (χ0n) is 78.1. The van der Waals surface area contributed by atoms with Gasteiger partial charge in [-0.1, -0.05) is 147 Å². The number of piperidine rings is 1. The summed E-state index contributed by atoms with van der Waals surface area (Å²) >= 11 is 7.48. The van der Waals surface area contributed by atoms with Crippen molar-refractivity contribution < 1.29 is 57.7 Å². The van der Waals surface area contributed by atoms with E-state index in [4.69, 9.17) is 38.1 Å². The predicted molar refractivity (Wildman–Crippen MR) is 535 cm³/mol. The van der Waals surface area contributed by atoms with Crippen LogP contribution >= 0.6 is 109 Å². The van der Waals surface area contributed by atoms with Crippen molar-refractivity contribution in [3.63, 3.8) is 0 Å². The first-order chi connectivity index (χ1) is 58.6. The number of amides is 8. The largest absolute Gasteiger partial charge is 0.480 e. The van der Waals surface area contributed by atoms with Crippen LogP contribution in [0.5, 0.6) is 0 Å². The second-order valence-corrected chi connectivity index (χ2v) is 42.9. The van der Waals surface area contributed by atoms with Crippen LogP contribution in [0.15, 0.2) is 12.2 Å². The van der Waals surface area contributed by atoms with Gasteiger partial charge in [-0.2, -0.15) is 11.8 Å². The van der Waals surface area contributed by atoms with E-state index in [0.29, 0.717) is 29.6 Å². The molecule has 7 aliphatic heterocycles. The molecule has 35 heteroatoms. The first kappa shape index (κ1) is 120. The summed E-state index contributed by atoms with van der Waals surface area (Å²) in [6.07, 6.45) is 49.8. The molecule has 26 nitrogen and oxygen atoms in total. The summed E-state index contributed by atoms with van der Waals surface area (Å²) < 4.78 is 10.4. The molecule has 0 spiro atoms. The van der Waals surface area contributed by atoms with E-state index in [1.54, 1.807) is 32.5 Å². The number of thioether (sulfide) groups is 4. The number of likely N-dealkylation sites (tertiary alicyclic amines) is 2.